The maximum Gasteiger partial charge on any atom is 0.137 e. The van der Waals surface area contributed by atoms with Crippen molar-refractivity contribution in [3.05, 3.63) is 172 Å². The van der Waals surface area contributed by atoms with Gasteiger partial charge in [-0.1, -0.05) is 171 Å². The van der Waals surface area contributed by atoms with Crippen LogP contribution in [-0.4, -0.2) is 23.3 Å². The summed E-state index contributed by atoms with van der Waals surface area (Å²) in [4.78, 5) is 9.89. The Morgan fingerprint density at radius 2 is 1.10 bits per heavy atom. The minimum atomic E-state index is -0.614. The highest BCUT2D eigenvalue weighted by molar-refractivity contribution is 6.11. The summed E-state index contributed by atoms with van der Waals surface area (Å²) in [5, 5.41) is 2.39. The van der Waals surface area contributed by atoms with Gasteiger partial charge in [-0.05, 0) is 125 Å². The molecular formula is C64H70N4O. The molecule has 0 N–H and O–H groups in total. The van der Waals surface area contributed by atoms with E-state index in [2.05, 4.69) is 234 Å². The molecule has 8 aromatic rings. The normalized spacial score (nSPS) is 15.2. The molecule has 0 saturated carbocycles. The van der Waals surface area contributed by atoms with Crippen LogP contribution in [-0.2, 0) is 32.5 Å². The third-order valence-corrected chi connectivity index (χ3v) is 15.5. The highest BCUT2D eigenvalue weighted by atomic mass is 16.5. The summed E-state index contributed by atoms with van der Waals surface area (Å²) in [6.45, 7) is 36.3. The van der Waals surface area contributed by atoms with Gasteiger partial charge < -0.3 is 14.5 Å². The summed E-state index contributed by atoms with van der Waals surface area (Å²) in [5.74, 6) is 2.49. The summed E-state index contributed by atoms with van der Waals surface area (Å²) in [7, 11) is 2.24. The molecule has 352 valence electrons. The third-order valence-electron chi connectivity index (χ3n) is 15.5. The fourth-order valence-corrected chi connectivity index (χ4v) is 12.0. The number of hydrogen-bond donors (Lipinski definition) is 0. The van der Waals surface area contributed by atoms with E-state index in [9.17, 15) is 0 Å². The first-order chi connectivity index (χ1) is 32.3. The first-order valence-corrected chi connectivity index (χ1v) is 25.1. The number of anilines is 3. The molecule has 0 amide bonds. The smallest absolute Gasteiger partial charge is 0.137 e. The van der Waals surface area contributed by atoms with Crippen LogP contribution in [0.25, 0.3) is 38.8 Å². The molecule has 0 bridgehead atoms. The summed E-state index contributed by atoms with van der Waals surface area (Å²) < 4.78 is 9.47. The van der Waals surface area contributed by atoms with E-state index in [0.717, 1.165) is 29.5 Å². The number of ether oxygens (including phenoxy) is 1. The molecule has 5 heteroatoms. The van der Waals surface area contributed by atoms with Gasteiger partial charge in [0.1, 0.15) is 17.3 Å². The number of rotatable bonds is 3. The van der Waals surface area contributed by atoms with E-state index >= 15 is 0 Å². The molecule has 3 aliphatic rings. The minimum Gasteiger partial charge on any atom is -0.457 e. The molecule has 1 spiro atoms. The SMILES string of the molecule is CN1CN2c3cc(Oc4ccc5c6cccc(C(C)(C)C)c6n(-c6ccccn6)c5c4)ccc3C3(c4cccc1c42)c1c(cc(C(C)(C)C)cc1C(C)(C)C)-c1cc(C(C)(C)C)cc(C(C)(C)C)c13. The van der Waals surface area contributed by atoms with E-state index in [-0.39, 0.29) is 27.1 Å². The lowest BCUT2D eigenvalue weighted by molar-refractivity contribution is 0.482. The molecule has 4 heterocycles. The molecule has 0 radical (unpaired) electrons. The Kier molecular flexibility index (Phi) is 9.55. The largest absolute Gasteiger partial charge is 0.457 e. The highest BCUT2D eigenvalue weighted by Gasteiger charge is 2.57. The molecule has 0 fully saturated rings. The van der Waals surface area contributed by atoms with Gasteiger partial charge >= 0.3 is 0 Å². The molecule has 0 unspecified atom stereocenters. The average Bonchev–Trinajstić information content (AvgIpc) is 3.89. The maximum absolute atomic E-state index is 7.14. The van der Waals surface area contributed by atoms with Crippen LogP contribution >= 0.6 is 0 Å². The Labute approximate surface area is 411 Å². The topological polar surface area (TPSA) is 33.5 Å². The van der Waals surface area contributed by atoms with Crippen molar-refractivity contribution in [1.82, 2.24) is 9.55 Å². The maximum atomic E-state index is 7.14. The van der Waals surface area contributed by atoms with Crippen LogP contribution in [0, 0.1) is 0 Å². The number of aromatic nitrogens is 2. The first-order valence-electron chi connectivity index (χ1n) is 25.1. The fraction of sp³-hybridized carbons (Fsp3) is 0.359. The van der Waals surface area contributed by atoms with Crippen molar-refractivity contribution >= 4 is 38.9 Å². The third kappa shape index (κ3) is 6.65. The van der Waals surface area contributed by atoms with Crippen molar-refractivity contribution in [1.29, 1.82) is 0 Å². The van der Waals surface area contributed by atoms with Crippen molar-refractivity contribution in [3.63, 3.8) is 0 Å². The van der Waals surface area contributed by atoms with Gasteiger partial charge in [-0.15, -0.1) is 0 Å². The van der Waals surface area contributed by atoms with E-state index in [4.69, 9.17) is 9.72 Å². The predicted octanol–water partition coefficient (Wildman–Crippen LogP) is 16.7. The zero-order valence-electron chi connectivity index (χ0n) is 44.0. The van der Waals surface area contributed by atoms with Crippen LogP contribution in [0.1, 0.15) is 154 Å². The molecule has 69 heavy (non-hydrogen) atoms. The molecule has 6 aromatic carbocycles. The van der Waals surface area contributed by atoms with E-state index in [1.54, 1.807) is 0 Å². The monoisotopic (exact) mass is 911 g/mol. The Balaban J connectivity index is 1.20. The fourth-order valence-electron chi connectivity index (χ4n) is 12.0. The van der Waals surface area contributed by atoms with E-state index < -0.39 is 5.41 Å². The van der Waals surface area contributed by atoms with Crippen molar-refractivity contribution < 1.29 is 4.74 Å². The van der Waals surface area contributed by atoms with Crippen LogP contribution < -0.4 is 14.5 Å². The summed E-state index contributed by atoms with van der Waals surface area (Å²) >= 11 is 0. The Bertz CT molecular complexity index is 3340. The standard InChI is InChI=1S/C64H70N4O/c1-59(2,3)38-31-44-45-32-39(60(4,5)6)34-50(63(13,14)15)56(45)64(55(44)49(33-38)62(10,11)12)46-29-27-41(36-53(46)67-37-66(16)51-24-20-23-48(64)58(51)67)69-40-26-28-42-43-21-19-22-47(61(7,8)9)57(43)68(52(42)35-40)54-25-17-18-30-65-54/h17-36H,37H2,1-16H3. The van der Waals surface area contributed by atoms with Crippen LogP contribution in [0.2, 0.25) is 0 Å². The molecule has 0 saturated heterocycles. The zero-order chi connectivity index (χ0) is 49.1. The second kappa shape index (κ2) is 14.6. The molecule has 11 rings (SSSR count). The van der Waals surface area contributed by atoms with Gasteiger partial charge in [0.15, 0.2) is 0 Å². The minimum absolute atomic E-state index is 0.0481. The van der Waals surface area contributed by atoms with E-state index in [1.807, 2.05) is 12.3 Å². The van der Waals surface area contributed by atoms with Gasteiger partial charge in [-0.2, -0.15) is 0 Å². The van der Waals surface area contributed by atoms with E-state index in [1.165, 1.54) is 94.5 Å². The van der Waals surface area contributed by atoms with Gasteiger partial charge in [0.25, 0.3) is 0 Å². The molecular weight excluding hydrogens is 841 g/mol. The Hall–Kier alpha value is -6.33. The summed E-state index contributed by atoms with van der Waals surface area (Å²) in [6, 6.07) is 43.8. The number of pyridine rings is 1. The zero-order valence-corrected chi connectivity index (χ0v) is 44.0. The van der Waals surface area contributed by atoms with Gasteiger partial charge in [0, 0.05) is 36.1 Å². The molecule has 2 aliphatic heterocycles. The molecule has 5 nitrogen and oxygen atoms in total. The Morgan fingerprint density at radius 1 is 0.507 bits per heavy atom. The van der Waals surface area contributed by atoms with Crippen LogP contribution in [0.3, 0.4) is 0 Å². The van der Waals surface area contributed by atoms with Crippen molar-refractivity contribution in [2.45, 2.75) is 136 Å². The lowest BCUT2D eigenvalue weighted by Crippen LogP contribution is -2.40. The highest BCUT2D eigenvalue weighted by Crippen LogP contribution is 2.68. The lowest BCUT2D eigenvalue weighted by Gasteiger charge is -2.46. The average molecular weight is 911 g/mol. The number of para-hydroxylation sites is 2. The Morgan fingerprint density at radius 3 is 1.68 bits per heavy atom. The second-order valence-corrected chi connectivity index (χ2v) is 25.5. The van der Waals surface area contributed by atoms with Gasteiger partial charge in [-0.3, -0.25) is 4.57 Å². The van der Waals surface area contributed by atoms with Crippen molar-refractivity contribution in [2.24, 2.45) is 0 Å². The number of fused-ring (bicyclic) bond motifs is 12. The molecule has 0 atom stereocenters. The first kappa shape index (κ1) is 45.1. The van der Waals surface area contributed by atoms with Crippen LogP contribution in [0.4, 0.5) is 17.1 Å². The predicted molar refractivity (Wildman–Crippen MR) is 291 cm³/mol. The van der Waals surface area contributed by atoms with Gasteiger partial charge in [-0.25, -0.2) is 4.98 Å². The number of nitrogens with zero attached hydrogens (tertiary/aromatic N) is 4. The number of hydrogen-bond acceptors (Lipinski definition) is 4. The van der Waals surface area contributed by atoms with Crippen molar-refractivity contribution in [2.75, 3.05) is 23.5 Å². The van der Waals surface area contributed by atoms with Crippen LogP contribution in [0.15, 0.2) is 121 Å². The summed E-state index contributed by atoms with van der Waals surface area (Å²) in [6.07, 6.45) is 1.88. The van der Waals surface area contributed by atoms with E-state index in [0.29, 0.717) is 0 Å². The van der Waals surface area contributed by atoms with Crippen molar-refractivity contribution in [3.8, 4) is 28.4 Å². The quantitative estimate of drug-likeness (QED) is 0.177. The summed E-state index contributed by atoms with van der Waals surface area (Å²) in [5.41, 5.74) is 20.0. The van der Waals surface area contributed by atoms with Crippen LogP contribution in [0.5, 0.6) is 11.5 Å². The lowest BCUT2D eigenvalue weighted by atomic mass is 9.59. The van der Waals surface area contributed by atoms with Gasteiger partial charge in [0.2, 0.25) is 0 Å². The number of benzene rings is 6. The second-order valence-electron chi connectivity index (χ2n) is 25.5. The molecule has 1 aliphatic carbocycles. The molecule has 2 aromatic heterocycles. The van der Waals surface area contributed by atoms with Gasteiger partial charge in [0.05, 0.1) is 40.2 Å².